The van der Waals surface area contributed by atoms with Gasteiger partial charge in [0.15, 0.2) is 0 Å². The minimum Gasteiger partial charge on any atom is -0.496 e. The Balaban J connectivity index is 2.67. The first-order valence-electron chi connectivity index (χ1n) is 7.85. The molecule has 0 amide bonds. The van der Waals surface area contributed by atoms with Gasteiger partial charge < -0.3 is 14.8 Å². The molecule has 1 atom stereocenters. The zero-order valence-corrected chi connectivity index (χ0v) is 14.5. The van der Waals surface area contributed by atoms with Crippen molar-refractivity contribution in [1.82, 2.24) is 5.32 Å². The fourth-order valence-corrected chi connectivity index (χ4v) is 2.17. The minimum absolute atomic E-state index is 0.311. The highest BCUT2D eigenvalue weighted by atomic mass is 16.5. The summed E-state index contributed by atoms with van der Waals surface area (Å²) in [5.74, 6) is 0.901. The molecular weight excluding hydrogens is 262 g/mol. The lowest BCUT2D eigenvalue weighted by atomic mass is 9.93. The summed E-state index contributed by atoms with van der Waals surface area (Å²) in [5, 5.41) is 3.43. The normalized spacial score (nSPS) is 13.2. The van der Waals surface area contributed by atoms with Crippen molar-refractivity contribution in [3.8, 4) is 5.75 Å². The lowest BCUT2D eigenvalue weighted by molar-refractivity contribution is 0.0947. The number of hydrogen-bond donors (Lipinski definition) is 1. The van der Waals surface area contributed by atoms with Gasteiger partial charge in [-0.3, -0.25) is 0 Å². The van der Waals surface area contributed by atoms with Crippen molar-refractivity contribution in [2.24, 2.45) is 5.41 Å². The second-order valence-electron chi connectivity index (χ2n) is 6.71. The van der Waals surface area contributed by atoms with Crippen LogP contribution in [0.25, 0.3) is 0 Å². The maximum Gasteiger partial charge on any atom is 0.124 e. The Morgan fingerprint density at radius 1 is 1.24 bits per heavy atom. The Morgan fingerprint density at radius 3 is 2.52 bits per heavy atom. The third-order valence-electron chi connectivity index (χ3n) is 3.57. The lowest BCUT2D eigenvalue weighted by Gasteiger charge is -2.19. The molecule has 120 valence electrons. The van der Waals surface area contributed by atoms with E-state index in [-0.39, 0.29) is 0 Å². The molecule has 21 heavy (non-hydrogen) atoms. The molecule has 0 aliphatic rings. The largest absolute Gasteiger partial charge is 0.496 e. The number of hydrogen-bond acceptors (Lipinski definition) is 3. The smallest absolute Gasteiger partial charge is 0.124 e. The second-order valence-corrected chi connectivity index (χ2v) is 6.71. The summed E-state index contributed by atoms with van der Waals surface area (Å²) in [6, 6.07) is 6.67. The second kappa shape index (κ2) is 8.40. The van der Waals surface area contributed by atoms with Crippen LogP contribution in [0.2, 0.25) is 0 Å². The van der Waals surface area contributed by atoms with Gasteiger partial charge in [0, 0.05) is 18.2 Å². The predicted octanol–water partition coefficient (Wildman–Crippen LogP) is 4.32. The fraction of sp³-hybridized carbons (Fsp3) is 0.667. The molecule has 0 aliphatic carbocycles. The van der Waals surface area contributed by atoms with Gasteiger partial charge in [-0.2, -0.15) is 0 Å². The van der Waals surface area contributed by atoms with Crippen molar-refractivity contribution in [2.75, 3.05) is 20.3 Å². The molecule has 1 rings (SSSR count). The Labute approximate surface area is 130 Å². The molecule has 0 saturated heterocycles. The number of benzene rings is 1. The molecule has 0 heterocycles. The van der Waals surface area contributed by atoms with Crippen LogP contribution >= 0.6 is 0 Å². The molecule has 0 spiro atoms. The number of methoxy groups -OCH3 is 1. The summed E-state index contributed by atoms with van der Waals surface area (Å²) >= 11 is 0. The van der Waals surface area contributed by atoms with E-state index in [1.54, 1.807) is 7.11 Å². The molecule has 0 radical (unpaired) electrons. The summed E-state index contributed by atoms with van der Waals surface area (Å²) in [7, 11) is 1.71. The van der Waals surface area contributed by atoms with Crippen molar-refractivity contribution in [3.05, 3.63) is 29.3 Å². The highest BCUT2D eigenvalue weighted by Gasteiger charge is 2.11. The van der Waals surface area contributed by atoms with E-state index in [0.717, 1.165) is 30.9 Å². The van der Waals surface area contributed by atoms with Crippen molar-refractivity contribution >= 4 is 0 Å². The topological polar surface area (TPSA) is 30.5 Å². The molecule has 1 N–H and O–H groups in total. The predicted molar refractivity (Wildman–Crippen MR) is 88.8 cm³/mol. The zero-order chi connectivity index (χ0) is 15.9. The molecule has 1 aromatic rings. The molecule has 0 saturated carbocycles. The number of nitrogens with one attached hydrogen (secondary N) is 1. The lowest BCUT2D eigenvalue weighted by Crippen LogP contribution is -2.18. The zero-order valence-electron chi connectivity index (χ0n) is 14.5. The summed E-state index contributed by atoms with van der Waals surface area (Å²) in [6.07, 6.45) is 1.06. The minimum atomic E-state index is 0.311. The molecule has 0 fully saturated rings. The van der Waals surface area contributed by atoms with Crippen molar-refractivity contribution in [3.63, 3.8) is 0 Å². The van der Waals surface area contributed by atoms with Crippen LogP contribution < -0.4 is 10.1 Å². The first-order valence-corrected chi connectivity index (χ1v) is 7.85. The van der Waals surface area contributed by atoms with Crippen LogP contribution in [0.5, 0.6) is 5.75 Å². The van der Waals surface area contributed by atoms with Gasteiger partial charge in [-0.05, 0) is 43.0 Å². The Morgan fingerprint density at radius 2 is 1.95 bits per heavy atom. The third kappa shape index (κ3) is 6.49. The van der Waals surface area contributed by atoms with E-state index >= 15 is 0 Å². The highest BCUT2D eigenvalue weighted by molar-refractivity contribution is 5.38. The van der Waals surface area contributed by atoms with Gasteiger partial charge in [-0.25, -0.2) is 0 Å². The average molecular weight is 293 g/mol. The summed E-state index contributed by atoms with van der Waals surface area (Å²) in [5.41, 5.74) is 2.70. The monoisotopic (exact) mass is 293 g/mol. The highest BCUT2D eigenvalue weighted by Crippen LogP contribution is 2.25. The van der Waals surface area contributed by atoms with Crippen molar-refractivity contribution in [2.45, 2.75) is 53.7 Å². The van der Waals surface area contributed by atoms with E-state index < -0.39 is 0 Å². The van der Waals surface area contributed by atoms with Crippen LogP contribution in [-0.2, 0) is 11.3 Å². The number of ether oxygens (including phenoxy) is 2. The van der Waals surface area contributed by atoms with E-state index in [2.05, 4.69) is 52.1 Å². The number of rotatable bonds is 8. The van der Waals surface area contributed by atoms with Gasteiger partial charge in [-0.1, -0.05) is 33.8 Å². The standard InChI is InChI=1S/C18H31NO2/c1-7-19-14(2)15-8-9-17(20-6)16(12-15)13-21-11-10-18(3,4)5/h8-9,12,14,19H,7,10-11,13H2,1-6H3. The van der Waals surface area contributed by atoms with Gasteiger partial charge in [-0.15, -0.1) is 0 Å². The summed E-state index contributed by atoms with van der Waals surface area (Å²) in [6.45, 7) is 13.3. The fourth-order valence-electron chi connectivity index (χ4n) is 2.17. The maximum atomic E-state index is 5.83. The Hall–Kier alpha value is -1.06. The van der Waals surface area contributed by atoms with Gasteiger partial charge in [0.1, 0.15) is 5.75 Å². The Kier molecular flexibility index (Phi) is 7.20. The average Bonchev–Trinajstić information content (AvgIpc) is 2.42. The molecular formula is C18H31NO2. The summed E-state index contributed by atoms with van der Waals surface area (Å²) in [4.78, 5) is 0. The Bertz CT molecular complexity index is 424. The van der Waals surface area contributed by atoms with Gasteiger partial charge in [0.05, 0.1) is 13.7 Å². The van der Waals surface area contributed by atoms with Crippen molar-refractivity contribution in [1.29, 1.82) is 0 Å². The molecule has 0 aromatic heterocycles. The van der Waals surface area contributed by atoms with Crippen LogP contribution in [-0.4, -0.2) is 20.3 Å². The SMILES string of the molecule is CCNC(C)c1ccc(OC)c(COCCC(C)(C)C)c1. The van der Waals surface area contributed by atoms with E-state index in [9.17, 15) is 0 Å². The van der Waals surface area contributed by atoms with Gasteiger partial charge >= 0.3 is 0 Å². The van der Waals surface area contributed by atoms with E-state index in [1.165, 1.54) is 5.56 Å². The first-order chi connectivity index (χ1) is 9.87. The molecule has 1 unspecified atom stereocenters. The van der Waals surface area contributed by atoms with Crippen LogP contribution in [0, 0.1) is 5.41 Å². The van der Waals surface area contributed by atoms with Crippen LogP contribution in [0.1, 0.15) is 58.2 Å². The summed E-state index contributed by atoms with van der Waals surface area (Å²) < 4.78 is 11.3. The van der Waals surface area contributed by atoms with Gasteiger partial charge in [0.25, 0.3) is 0 Å². The van der Waals surface area contributed by atoms with E-state index in [4.69, 9.17) is 9.47 Å². The van der Waals surface area contributed by atoms with E-state index in [1.807, 2.05) is 6.07 Å². The first kappa shape index (κ1) is 18.0. The molecule has 0 bridgehead atoms. The molecule has 1 aromatic carbocycles. The van der Waals surface area contributed by atoms with Gasteiger partial charge in [0.2, 0.25) is 0 Å². The van der Waals surface area contributed by atoms with Crippen molar-refractivity contribution < 1.29 is 9.47 Å². The van der Waals surface area contributed by atoms with Crippen LogP contribution in [0.4, 0.5) is 0 Å². The van der Waals surface area contributed by atoms with Crippen LogP contribution in [0.15, 0.2) is 18.2 Å². The quantitative estimate of drug-likeness (QED) is 0.724. The third-order valence-corrected chi connectivity index (χ3v) is 3.57. The van der Waals surface area contributed by atoms with Crippen LogP contribution in [0.3, 0.4) is 0 Å². The maximum absolute atomic E-state index is 5.83. The molecule has 3 nitrogen and oxygen atoms in total. The molecule has 0 aliphatic heterocycles. The molecule has 3 heteroatoms. The van der Waals surface area contributed by atoms with E-state index in [0.29, 0.717) is 18.1 Å².